The summed E-state index contributed by atoms with van der Waals surface area (Å²) in [6.07, 6.45) is 4.23. The number of nitrogens with one attached hydrogen (secondary N) is 1. The van der Waals surface area contributed by atoms with E-state index in [0.29, 0.717) is 16.5 Å². The van der Waals surface area contributed by atoms with E-state index in [0.717, 1.165) is 31.2 Å². The minimum absolute atomic E-state index is 0.167. The highest BCUT2D eigenvalue weighted by molar-refractivity contribution is 7.17. The van der Waals surface area contributed by atoms with Gasteiger partial charge in [0, 0.05) is 17.2 Å². The smallest absolute Gasteiger partial charge is 0.341 e. The number of fused-ring (bicyclic) bond motifs is 1. The Hall–Kier alpha value is -1.07. The van der Waals surface area contributed by atoms with Crippen LogP contribution in [0.3, 0.4) is 0 Å². The predicted octanol–water partition coefficient (Wildman–Crippen LogP) is 4.64. The Labute approximate surface area is 152 Å². The van der Waals surface area contributed by atoms with E-state index in [4.69, 9.17) is 16.3 Å². The standard InChI is InChI=1S/C18H26ClNO3S/c1-5-18(2,3)11-6-7-12-13(10-11)24-16(15(12)17(22)23-4)20-14(21)8-9-19/h11H,5-10H2,1-4H3,(H,20,21). The van der Waals surface area contributed by atoms with E-state index in [-0.39, 0.29) is 29.6 Å². The first kappa shape index (κ1) is 19.3. The number of methoxy groups -OCH3 is 1. The summed E-state index contributed by atoms with van der Waals surface area (Å²) in [5.41, 5.74) is 1.86. The highest BCUT2D eigenvalue weighted by Gasteiger charge is 2.35. The highest BCUT2D eigenvalue weighted by atomic mass is 35.5. The highest BCUT2D eigenvalue weighted by Crippen LogP contribution is 2.45. The SMILES string of the molecule is CCC(C)(C)C1CCc2c(sc(NC(=O)CCCl)c2C(=O)OC)C1. The lowest BCUT2D eigenvalue weighted by atomic mass is 9.69. The second kappa shape index (κ2) is 7.87. The molecule has 1 amide bonds. The molecule has 0 spiro atoms. The summed E-state index contributed by atoms with van der Waals surface area (Å²) >= 11 is 7.14. The Morgan fingerprint density at radius 2 is 2.12 bits per heavy atom. The molecule has 0 fully saturated rings. The molecule has 0 saturated carbocycles. The van der Waals surface area contributed by atoms with Crippen LogP contribution in [0.15, 0.2) is 0 Å². The number of hydrogen-bond donors (Lipinski definition) is 1. The van der Waals surface area contributed by atoms with Crippen LogP contribution >= 0.6 is 22.9 Å². The average molecular weight is 372 g/mol. The Morgan fingerprint density at radius 1 is 1.42 bits per heavy atom. The number of halogens is 1. The second-order valence-corrected chi connectivity index (χ2v) is 8.45. The molecule has 1 aromatic rings. The average Bonchev–Trinajstić information content (AvgIpc) is 2.91. The number of alkyl halides is 1. The Bertz CT molecular complexity index is 624. The topological polar surface area (TPSA) is 55.4 Å². The van der Waals surface area contributed by atoms with E-state index in [1.807, 2.05) is 0 Å². The molecule has 0 aliphatic heterocycles. The summed E-state index contributed by atoms with van der Waals surface area (Å²) in [6, 6.07) is 0. The van der Waals surface area contributed by atoms with E-state index in [1.54, 1.807) is 0 Å². The zero-order valence-corrected chi connectivity index (χ0v) is 16.4. The number of amides is 1. The van der Waals surface area contributed by atoms with Gasteiger partial charge in [0.1, 0.15) is 5.00 Å². The summed E-state index contributed by atoms with van der Waals surface area (Å²) in [5.74, 6) is 0.309. The predicted molar refractivity (Wildman–Crippen MR) is 99.2 cm³/mol. The number of rotatable bonds is 6. The molecular formula is C18H26ClNO3S. The first-order valence-electron chi connectivity index (χ1n) is 8.42. The fourth-order valence-corrected chi connectivity index (χ4v) is 4.73. The number of ether oxygens (including phenoxy) is 1. The summed E-state index contributed by atoms with van der Waals surface area (Å²) in [5, 5.41) is 3.45. The van der Waals surface area contributed by atoms with Gasteiger partial charge < -0.3 is 10.1 Å². The monoisotopic (exact) mass is 371 g/mol. The fraction of sp³-hybridized carbons (Fsp3) is 0.667. The summed E-state index contributed by atoms with van der Waals surface area (Å²) in [4.78, 5) is 25.4. The Balaban J connectivity index is 2.34. The van der Waals surface area contributed by atoms with Crippen molar-refractivity contribution in [2.45, 2.75) is 52.9 Å². The third kappa shape index (κ3) is 3.94. The summed E-state index contributed by atoms with van der Waals surface area (Å²) in [6.45, 7) is 6.84. The van der Waals surface area contributed by atoms with Gasteiger partial charge in [-0.05, 0) is 36.2 Å². The van der Waals surface area contributed by atoms with E-state index in [2.05, 4.69) is 26.1 Å². The van der Waals surface area contributed by atoms with Gasteiger partial charge in [-0.2, -0.15) is 0 Å². The van der Waals surface area contributed by atoms with Crippen LogP contribution in [0, 0.1) is 11.3 Å². The zero-order valence-electron chi connectivity index (χ0n) is 14.8. The molecule has 6 heteroatoms. The molecule has 1 N–H and O–H groups in total. The molecule has 134 valence electrons. The molecule has 1 heterocycles. The molecule has 2 rings (SSSR count). The number of thiophene rings is 1. The number of carbonyl (C=O) groups is 2. The number of carbonyl (C=O) groups excluding carboxylic acids is 2. The number of anilines is 1. The lowest BCUT2D eigenvalue weighted by Crippen LogP contribution is -2.28. The minimum atomic E-state index is -0.373. The maximum atomic E-state index is 12.2. The molecule has 0 radical (unpaired) electrons. The van der Waals surface area contributed by atoms with Gasteiger partial charge >= 0.3 is 5.97 Å². The van der Waals surface area contributed by atoms with Gasteiger partial charge in [0.15, 0.2) is 0 Å². The number of esters is 1. The Morgan fingerprint density at radius 3 is 2.71 bits per heavy atom. The van der Waals surface area contributed by atoms with Crippen molar-refractivity contribution in [2.75, 3.05) is 18.3 Å². The lowest BCUT2D eigenvalue weighted by molar-refractivity contribution is -0.115. The summed E-state index contributed by atoms with van der Waals surface area (Å²) in [7, 11) is 1.38. The summed E-state index contributed by atoms with van der Waals surface area (Å²) < 4.78 is 4.95. The molecule has 1 aliphatic rings. The van der Waals surface area contributed by atoms with Crippen molar-refractivity contribution >= 4 is 39.8 Å². The van der Waals surface area contributed by atoms with Crippen molar-refractivity contribution < 1.29 is 14.3 Å². The molecule has 1 unspecified atom stereocenters. The van der Waals surface area contributed by atoms with Crippen LogP contribution in [0.5, 0.6) is 0 Å². The molecular weight excluding hydrogens is 346 g/mol. The van der Waals surface area contributed by atoms with Gasteiger partial charge in [0.2, 0.25) is 5.91 Å². The van der Waals surface area contributed by atoms with Crippen LogP contribution in [0.1, 0.15) is 60.8 Å². The van der Waals surface area contributed by atoms with Gasteiger partial charge in [0.25, 0.3) is 0 Å². The molecule has 24 heavy (non-hydrogen) atoms. The third-order valence-corrected chi connectivity index (χ3v) is 6.60. The van der Waals surface area contributed by atoms with E-state index >= 15 is 0 Å². The maximum Gasteiger partial charge on any atom is 0.341 e. The lowest BCUT2D eigenvalue weighted by Gasteiger charge is -2.36. The Kier molecular flexibility index (Phi) is 6.32. The fourth-order valence-electron chi connectivity index (χ4n) is 3.22. The third-order valence-electron chi connectivity index (χ3n) is 5.25. The van der Waals surface area contributed by atoms with Crippen molar-refractivity contribution in [2.24, 2.45) is 11.3 Å². The van der Waals surface area contributed by atoms with Crippen molar-refractivity contribution in [3.05, 3.63) is 16.0 Å². The van der Waals surface area contributed by atoms with Crippen molar-refractivity contribution in [1.82, 2.24) is 0 Å². The van der Waals surface area contributed by atoms with Gasteiger partial charge in [-0.15, -0.1) is 22.9 Å². The van der Waals surface area contributed by atoms with E-state index in [1.165, 1.54) is 23.3 Å². The van der Waals surface area contributed by atoms with Gasteiger partial charge in [-0.1, -0.05) is 27.2 Å². The molecule has 1 atom stereocenters. The first-order valence-corrected chi connectivity index (χ1v) is 9.77. The first-order chi connectivity index (χ1) is 11.3. The van der Waals surface area contributed by atoms with Gasteiger partial charge in [-0.3, -0.25) is 4.79 Å². The minimum Gasteiger partial charge on any atom is -0.465 e. The van der Waals surface area contributed by atoms with Crippen LogP contribution in [0.2, 0.25) is 0 Å². The molecule has 4 nitrogen and oxygen atoms in total. The van der Waals surface area contributed by atoms with Crippen LogP contribution in [-0.4, -0.2) is 24.9 Å². The quantitative estimate of drug-likeness (QED) is 0.585. The van der Waals surface area contributed by atoms with Crippen molar-refractivity contribution in [1.29, 1.82) is 0 Å². The van der Waals surface area contributed by atoms with Crippen molar-refractivity contribution in [3.63, 3.8) is 0 Å². The van der Waals surface area contributed by atoms with Crippen LogP contribution < -0.4 is 5.32 Å². The van der Waals surface area contributed by atoms with Crippen molar-refractivity contribution in [3.8, 4) is 0 Å². The van der Waals surface area contributed by atoms with E-state index < -0.39 is 0 Å². The number of hydrogen-bond acceptors (Lipinski definition) is 4. The second-order valence-electron chi connectivity index (χ2n) is 6.97. The molecule has 0 bridgehead atoms. The molecule has 1 aromatic heterocycles. The molecule has 0 aromatic carbocycles. The zero-order chi connectivity index (χ0) is 17.9. The normalized spacial score (nSPS) is 17.3. The molecule has 0 saturated heterocycles. The largest absolute Gasteiger partial charge is 0.465 e. The molecule has 1 aliphatic carbocycles. The maximum absolute atomic E-state index is 12.2. The van der Waals surface area contributed by atoms with Gasteiger partial charge in [-0.25, -0.2) is 4.79 Å². The van der Waals surface area contributed by atoms with Crippen LogP contribution in [-0.2, 0) is 22.4 Å². The van der Waals surface area contributed by atoms with Gasteiger partial charge in [0.05, 0.1) is 12.7 Å². The van der Waals surface area contributed by atoms with Crippen LogP contribution in [0.25, 0.3) is 0 Å². The van der Waals surface area contributed by atoms with Crippen LogP contribution in [0.4, 0.5) is 5.00 Å². The van der Waals surface area contributed by atoms with E-state index in [9.17, 15) is 9.59 Å².